The van der Waals surface area contributed by atoms with Crippen LogP contribution in [-0.4, -0.2) is 42.9 Å². The highest BCUT2D eigenvalue weighted by Gasteiger charge is 2.29. The number of piperidine rings is 1. The second-order valence-electron chi connectivity index (χ2n) is 10.2. The quantitative estimate of drug-likeness (QED) is 0.150. The van der Waals surface area contributed by atoms with Crippen molar-refractivity contribution in [2.45, 2.75) is 25.3 Å². The van der Waals surface area contributed by atoms with Gasteiger partial charge in [-0.05, 0) is 77.2 Å². The molecule has 1 atom stereocenters. The van der Waals surface area contributed by atoms with Gasteiger partial charge in [-0.3, -0.25) is 14.4 Å². The van der Waals surface area contributed by atoms with E-state index in [-0.39, 0.29) is 24.2 Å². The van der Waals surface area contributed by atoms with Gasteiger partial charge in [0.15, 0.2) is 0 Å². The number of rotatable bonds is 9. The maximum Gasteiger partial charge on any atom is 0.307 e. The van der Waals surface area contributed by atoms with E-state index in [0.717, 1.165) is 15.6 Å². The summed E-state index contributed by atoms with van der Waals surface area (Å²) in [6.07, 6.45) is 4.18. The molecule has 10 heteroatoms. The van der Waals surface area contributed by atoms with Gasteiger partial charge in [0.05, 0.1) is 34.3 Å². The molecule has 0 radical (unpaired) electrons. The Morgan fingerprint density at radius 2 is 1.70 bits per heavy atom. The average molecular weight is 638 g/mol. The zero-order valence-electron chi connectivity index (χ0n) is 23.4. The van der Waals surface area contributed by atoms with E-state index < -0.39 is 12.0 Å². The molecule has 1 fully saturated rings. The highest BCUT2D eigenvalue weighted by atomic mass is 35.5. The number of hydrogen-bond donors (Lipinski definition) is 1. The molecule has 2 heterocycles. The van der Waals surface area contributed by atoms with Crippen LogP contribution in [0.25, 0.3) is 16.2 Å². The molecular formula is C33H30Cl2N2O5S. The normalized spacial score (nSPS) is 14.5. The number of benzene rings is 3. The lowest BCUT2D eigenvalue weighted by Gasteiger charge is -2.31. The average Bonchev–Trinajstić information content (AvgIpc) is 3.51. The molecule has 5 rings (SSSR count). The number of methoxy groups -OCH3 is 1. The van der Waals surface area contributed by atoms with Gasteiger partial charge in [-0.1, -0.05) is 53.5 Å². The third-order valence-electron chi connectivity index (χ3n) is 7.41. The number of thiophene rings is 1. The molecule has 0 bridgehead atoms. The zero-order valence-corrected chi connectivity index (χ0v) is 25.8. The fourth-order valence-electron chi connectivity index (χ4n) is 5.00. The lowest BCUT2D eigenvalue weighted by atomic mass is 9.94. The van der Waals surface area contributed by atoms with Crippen molar-refractivity contribution >= 4 is 68.5 Å². The van der Waals surface area contributed by atoms with Crippen molar-refractivity contribution in [2.24, 2.45) is 5.92 Å². The maximum atomic E-state index is 13.3. The molecule has 4 aromatic rings. The third-order valence-corrected chi connectivity index (χ3v) is 9.35. The van der Waals surface area contributed by atoms with Crippen molar-refractivity contribution in [1.82, 2.24) is 10.2 Å². The number of para-hydroxylation sites is 1. The molecular weight excluding hydrogens is 607 g/mol. The first kappa shape index (κ1) is 30.6. The van der Waals surface area contributed by atoms with Crippen LogP contribution in [0.2, 0.25) is 10.0 Å². The fraction of sp³-hybridized carbons (Fsp3) is 0.242. The van der Waals surface area contributed by atoms with Crippen molar-refractivity contribution in [1.29, 1.82) is 0 Å². The number of fused-ring (bicyclic) bond motifs is 1. The number of carbonyl (C=O) groups excluding carboxylic acids is 3. The number of nitrogens with zero attached hydrogens (tertiary/aromatic N) is 1. The number of halogens is 2. The van der Waals surface area contributed by atoms with Crippen molar-refractivity contribution in [3.8, 4) is 11.5 Å². The minimum Gasteiger partial charge on any atom is -0.469 e. The van der Waals surface area contributed by atoms with E-state index in [1.165, 1.54) is 24.5 Å². The largest absolute Gasteiger partial charge is 0.469 e. The van der Waals surface area contributed by atoms with Gasteiger partial charge in [0, 0.05) is 25.1 Å². The Hall–Kier alpha value is -3.85. The Bertz CT molecular complexity index is 1630. The summed E-state index contributed by atoms with van der Waals surface area (Å²) in [7, 11) is 1.32. The molecule has 1 aromatic heterocycles. The van der Waals surface area contributed by atoms with E-state index in [9.17, 15) is 14.4 Å². The lowest BCUT2D eigenvalue weighted by Crippen LogP contribution is -2.43. The first-order valence-corrected chi connectivity index (χ1v) is 15.5. The van der Waals surface area contributed by atoms with Crippen LogP contribution in [0.5, 0.6) is 11.5 Å². The Labute approximate surface area is 264 Å². The number of ether oxygens (including phenoxy) is 2. The number of amides is 2. The van der Waals surface area contributed by atoms with Gasteiger partial charge in [-0.25, -0.2) is 0 Å². The van der Waals surface area contributed by atoms with E-state index in [1.54, 1.807) is 23.1 Å². The standard InChI is InChI=1S/C33H30Cl2N2O5S/c1-41-29(39)20-27(21-7-10-26(11-8-21)42-25-5-3-2-4-6-25)36-33(40)22-13-16-37(17-14-22)28(38)12-9-23-19-24-15-18-43-32(24)31(35)30(23)34/h2-12,15,18-19,22,27H,13-14,16-17,20H2,1H3,(H,36,40)/b12-9+. The molecule has 1 aliphatic heterocycles. The van der Waals surface area contributed by atoms with Crippen LogP contribution in [0.1, 0.15) is 36.4 Å². The van der Waals surface area contributed by atoms with Gasteiger partial charge in [-0.2, -0.15) is 0 Å². The van der Waals surface area contributed by atoms with Crippen LogP contribution in [-0.2, 0) is 19.1 Å². The van der Waals surface area contributed by atoms with E-state index in [0.29, 0.717) is 53.0 Å². The monoisotopic (exact) mass is 636 g/mol. The summed E-state index contributed by atoms with van der Waals surface area (Å²) in [5.41, 5.74) is 1.44. The molecule has 0 spiro atoms. The van der Waals surface area contributed by atoms with Gasteiger partial charge < -0.3 is 19.7 Å². The topological polar surface area (TPSA) is 84.9 Å². The molecule has 0 aliphatic carbocycles. The summed E-state index contributed by atoms with van der Waals surface area (Å²) in [5.74, 6) is 0.318. The van der Waals surface area contributed by atoms with Crippen molar-refractivity contribution in [3.63, 3.8) is 0 Å². The van der Waals surface area contributed by atoms with Gasteiger partial charge >= 0.3 is 5.97 Å². The molecule has 1 N–H and O–H groups in total. The van der Waals surface area contributed by atoms with Crippen LogP contribution < -0.4 is 10.1 Å². The SMILES string of the molecule is COC(=O)CC(NC(=O)C1CCN(C(=O)/C=C/c2cc3ccsc3c(Cl)c2Cl)CC1)c1ccc(Oc2ccccc2)cc1. The molecule has 3 aromatic carbocycles. The van der Waals surface area contributed by atoms with Gasteiger partial charge in [-0.15, -0.1) is 11.3 Å². The van der Waals surface area contributed by atoms with Crippen LogP contribution in [0.3, 0.4) is 0 Å². The number of hydrogen-bond acceptors (Lipinski definition) is 6. The number of nitrogens with one attached hydrogen (secondary N) is 1. The molecule has 2 amide bonds. The molecule has 7 nitrogen and oxygen atoms in total. The van der Waals surface area contributed by atoms with Crippen LogP contribution in [0, 0.1) is 5.92 Å². The summed E-state index contributed by atoms with van der Waals surface area (Å²) < 4.78 is 11.7. The maximum absolute atomic E-state index is 13.3. The van der Waals surface area contributed by atoms with Crippen molar-refractivity contribution in [3.05, 3.63) is 99.4 Å². The summed E-state index contributed by atoms with van der Waals surface area (Å²) in [4.78, 5) is 40.1. The van der Waals surface area contributed by atoms with Crippen LogP contribution in [0.4, 0.5) is 0 Å². The summed E-state index contributed by atoms with van der Waals surface area (Å²) in [6.45, 7) is 0.874. The Morgan fingerprint density at radius 1 is 1.00 bits per heavy atom. The number of esters is 1. The molecule has 43 heavy (non-hydrogen) atoms. The first-order chi connectivity index (χ1) is 20.8. The minimum atomic E-state index is -0.564. The zero-order chi connectivity index (χ0) is 30.3. The Balaban J connectivity index is 1.18. The predicted octanol–water partition coefficient (Wildman–Crippen LogP) is 7.67. The first-order valence-electron chi connectivity index (χ1n) is 13.8. The molecule has 222 valence electrons. The summed E-state index contributed by atoms with van der Waals surface area (Å²) in [6, 6.07) is 20.0. The van der Waals surface area contributed by atoms with Crippen LogP contribution in [0.15, 0.2) is 78.2 Å². The highest BCUT2D eigenvalue weighted by Crippen LogP contribution is 2.37. The fourth-order valence-corrected chi connectivity index (χ4v) is 6.44. The smallest absolute Gasteiger partial charge is 0.307 e. The highest BCUT2D eigenvalue weighted by molar-refractivity contribution is 7.18. The molecule has 0 saturated carbocycles. The van der Waals surface area contributed by atoms with E-state index in [1.807, 2.05) is 60.0 Å². The minimum absolute atomic E-state index is 0.00694. The van der Waals surface area contributed by atoms with Gasteiger partial charge in [0.25, 0.3) is 0 Å². The van der Waals surface area contributed by atoms with E-state index >= 15 is 0 Å². The van der Waals surface area contributed by atoms with Crippen molar-refractivity contribution < 1.29 is 23.9 Å². The summed E-state index contributed by atoms with van der Waals surface area (Å²) >= 11 is 14.4. The lowest BCUT2D eigenvalue weighted by molar-refractivity contribution is -0.141. The third kappa shape index (κ3) is 7.57. The second-order valence-corrected chi connectivity index (χ2v) is 11.9. The Morgan fingerprint density at radius 3 is 2.40 bits per heavy atom. The predicted molar refractivity (Wildman–Crippen MR) is 171 cm³/mol. The summed E-state index contributed by atoms with van der Waals surface area (Å²) in [5, 5.41) is 6.84. The van der Waals surface area contributed by atoms with E-state index in [4.69, 9.17) is 32.7 Å². The molecule has 1 unspecified atom stereocenters. The number of carbonyl (C=O) groups is 3. The van der Waals surface area contributed by atoms with E-state index in [2.05, 4.69) is 5.32 Å². The molecule has 1 saturated heterocycles. The van der Waals surface area contributed by atoms with Crippen LogP contribution >= 0.6 is 34.5 Å². The van der Waals surface area contributed by atoms with Gasteiger partial charge in [0.1, 0.15) is 11.5 Å². The van der Waals surface area contributed by atoms with Crippen molar-refractivity contribution in [2.75, 3.05) is 20.2 Å². The molecule has 1 aliphatic rings. The van der Waals surface area contributed by atoms with Gasteiger partial charge in [0.2, 0.25) is 11.8 Å². The Kier molecular flexibility index (Phi) is 10.0. The number of likely N-dealkylation sites (tertiary alicyclic amines) is 1. The second kappa shape index (κ2) is 14.1.